The summed E-state index contributed by atoms with van der Waals surface area (Å²) in [6.45, 7) is 13.5. The minimum absolute atomic E-state index is 0.245. The first-order valence-corrected chi connectivity index (χ1v) is 24.9. The zero-order chi connectivity index (χ0) is 59.9. The van der Waals surface area contributed by atoms with Crippen LogP contribution in [0, 0.1) is 0 Å². The molecule has 20 atom stereocenters. The molecule has 4 rings (SSSR count). The maximum Gasteiger partial charge on any atom is 0.303 e. The molecule has 2 N–H and O–H groups in total. The molecule has 4 saturated heterocycles. The second-order valence-electron chi connectivity index (χ2n) is 18.4. The van der Waals surface area contributed by atoms with Gasteiger partial charge in [0, 0.05) is 76.2 Å². The first-order chi connectivity index (χ1) is 37.5. The average Bonchev–Trinajstić information content (AvgIpc) is 3.37. The van der Waals surface area contributed by atoms with Crippen LogP contribution in [0.5, 0.6) is 0 Å². The van der Waals surface area contributed by atoms with Gasteiger partial charge in [-0.3, -0.25) is 52.7 Å². The van der Waals surface area contributed by atoms with E-state index in [1.165, 1.54) is 13.0 Å². The number of nitrogens with one attached hydrogen (secondary N) is 1. The number of aliphatic hydroxyl groups is 1. The van der Waals surface area contributed by atoms with Crippen LogP contribution >= 0.6 is 0 Å². The normalized spacial score (nSPS) is 33.9. The molecule has 0 aromatic carbocycles. The summed E-state index contributed by atoms with van der Waals surface area (Å²) in [5.74, 6) is -10.4. The summed E-state index contributed by atoms with van der Waals surface area (Å²) in [7, 11) is 0. The summed E-state index contributed by atoms with van der Waals surface area (Å²) >= 11 is 0. The molecule has 0 aliphatic carbocycles. The Hall–Kier alpha value is -6.45. The number of hydrogen-bond acceptors (Lipinski definition) is 30. The summed E-state index contributed by atoms with van der Waals surface area (Å²) in [4.78, 5) is 140. The Balaban J connectivity index is 2.06. The van der Waals surface area contributed by atoms with E-state index in [0.717, 1.165) is 76.2 Å². The Kier molecular flexibility index (Phi) is 25.1. The number of carbonyl (C=O) groups excluding carboxylic acids is 11. The van der Waals surface area contributed by atoms with Crippen molar-refractivity contribution in [3.8, 4) is 0 Å². The van der Waals surface area contributed by atoms with Gasteiger partial charge >= 0.3 is 59.7 Å². The fourth-order valence-electron chi connectivity index (χ4n) is 8.92. The molecule has 4 aliphatic heterocycles. The molecule has 4 aliphatic rings. The van der Waals surface area contributed by atoms with E-state index in [0.29, 0.717) is 0 Å². The molecular weight excluding hydrogens is 1080 g/mol. The fraction of sp³-hybridized carbons (Fsp3) is 0.735. The van der Waals surface area contributed by atoms with Crippen molar-refractivity contribution in [1.29, 1.82) is 0 Å². The van der Waals surface area contributed by atoms with Crippen LogP contribution in [0.25, 0.3) is 0 Å². The number of ether oxygens (including phenoxy) is 18. The van der Waals surface area contributed by atoms with E-state index >= 15 is 0 Å². The highest BCUT2D eigenvalue weighted by Crippen LogP contribution is 2.39. The summed E-state index contributed by atoms with van der Waals surface area (Å²) in [5, 5.41) is 14.5. The van der Waals surface area contributed by atoms with Crippen molar-refractivity contribution in [2.45, 2.75) is 206 Å². The van der Waals surface area contributed by atoms with Gasteiger partial charge in [-0.1, -0.05) is 6.08 Å². The van der Waals surface area contributed by atoms with Crippen LogP contribution in [-0.4, -0.2) is 220 Å². The van der Waals surface area contributed by atoms with Crippen molar-refractivity contribution in [3.05, 3.63) is 12.7 Å². The van der Waals surface area contributed by atoms with Crippen molar-refractivity contribution >= 4 is 65.6 Å². The first kappa shape index (κ1) is 66.1. The second-order valence-corrected chi connectivity index (χ2v) is 18.4. The standard InChI is InChI=1S/C49H69NO30/c1-14-15-63-47-35(62)41(38(70-26(9)57)32(76-47)17-65-22(5)53)79-46-34(50-20(3)51)40(37(69-25(8)56)31(75-46)16-64-21(4)52)78-49-45(43(73-29(12)60)39(71-27(10)58)33(77-49)18-66-23(6)54)80-48-44(74-30(13)61)42(72-28(11)59)36(19(2)67-48)68-24(7)55/h14,19,31-49,62H,1,15-18H2,2-13H3,(H,50,51)/t19-,31+,32+,33+,34+,35+,36+,37-,38-,39-,40+,41+,42+,43-,44-,45+,46-,47+,48-,49-/m0/s1. The Labute approximate surface area is 458 Å². The first-order valence-electron chi connectivity index (χ1n) is 24.9. The van der Waals surface area contributed by atoms with E-state index in [1.807, 2.05) is 0 Å². The molecule has 80 heavy (non-hydrogen) atoms. The highest BCUT2D eigenvalue weighted by molar-refractivity contribution is 5.73. The number of aliphatic hydroxyl groups excluding tert-OH is 1. The number of rotatable bonds is 23. The van der Waals surface area contributed by atoms with Crippen molar-refractivity contribution < 1.29 is 143 Å². The van der Waals surface area contributed by atoms with Crippen LogP contribution in [0.2, 0.25) is 0 Å². The molecule has 0 bridgehead atoms. The van der Waals surface area contributed by atoms with E-state index in [-0.39, 0.29) is 6.61 Å². The highest BCUT2D eigenvalue weighted by atomic mass is 16.8. The van der Waals surface area contributed by atoms with Gasteiger partial charge in [0.25, 0.3) is 0 Å². The molecule has 0 aromatic heterocycles. The SMILES string of the molecule is C=CCO[C@@H]1O[C@H](COC(C)=O)[C@H](OC(C)=O)[C@H](O[C@@H]2O[C@H](COC(C)=O)[C@H](OC(C)=O)[C@H](O[C@@H]3O[C@H](COC(C)=O)[C@H](OC(C)=O)[C@H](OC(C)=O)[C@H]3O[C@@H]3O[C@@H](C)[C@@H](OC(C)=O)[C@@H](OC(C)=O)[C@@H]3OC(C)=O)[C@H]2NC(C)=O)[C@H]1O. The predicted molar refractivity (Wildman–Crippen MR) is 253 cm³/mol. The maximum absolute atomic E-state index is 13.5. The molecule has 31 nitrogen and oxygen atoms in total. The van der Waals surface area contributed by atoms with Gasteiger partial charge in [0.2, 0.25) is 5.91 Å². The van der Waals surface area contributed by atoms with Crippen LogP contribution in [-0.2, 0) is 138 Å². The Morgan fingerprint density at radius 1 is 0.412 bits per heavy atom. The molecule has 0 saturated carbocycles. The zero-order valence-electron chi connectivity index (χ0n) is 45.9. The Morgan fingerprint density at radius 3 is 1.18 bits per heavy atom. The summed E-state index contributed by atoms with van der Waals surface area (Å²) < 4.78 is 106. The number of amides is 1. The van der Waals surface area contributed by atoms with Crippen molar-refractivity contribution in [1.82, 2.24) is 5.32 Å². The summed E-state index contributed by atoms with van der Waals surface area (Å²) in [5.41, 5.74) is 0. The minimum Gasteiger partial charge on any atom is -0.463 e. The molecule has 0 aromatic rings. The average molecular weight is 1150 g/mol. The van der Waals surface area contributed by atoms with Crippen LogP contribution in [0.3, 0.4) is 0 Å². The van der Waals surface area contributed by atoms with Crippen LogP contribution in [0.1, 0.15) is 83.1 Å². The van der Waals surface area contributed by atoms with Gasteiger partial charge in [-0.05, 0) is 6.92 Å². The highest BCUT2D eigenvalue weighted by Gasteiger charge is 2.61. The van der Waals surface area contributed by atoms with E-state index in [4.69, 9.17) is 85.3 Å². The molecule has 4 heterocycles. The van der Waals surface area contributed by atoms with Crippen molar-refractivity contribution in [2.75, 3.05) is 26.4 Å². The van der Waals surface area contributed by atoms with Gasteiger partial charge in [-0.15, -0.1) is 6.58 Å². The van der Waals surface area contributed by atoms with Gasteiger partial charge in [0.15, 0.2) is 74.0 Å². The maximum atomic E-state index is 13.5. The molecule has 31 heteroatoms. The molecule has 450 valence electrons. The minimum atomic E-state index is -2.19. The predicted octanol–water partition coefficient (Wildman–Crippen LogP) is -1.66. The molecule has 1 amide bonds. The van der Waals surface area contributed by atoms with Crippen LogP contribution < -0.4 is 5.32 Å². The van der Waals surface area contributed by atoms with Crippen LogP contribution in [0.4, 0.5) is 0 Å². The number of carbonyl (C=O) groups is 11. The molecule has 0 spiro atoms. The number of esters is 10. The van der Waals surface area contributed by atoms with Gasteiger partial charge in [0.05, 0.1) is 12.7 Å². The third kappa shape index (κ3) is 19.1. The van der Waals surface area contributed by atoms with E-state index < -0.39 is 208 Å². The fourth-order valence-corrected chi connectivity index (χ4v) is 8.92. The quantitative estimate of drug-likeness (QED) is 0.0657. The number of hydrogen-bond donors (Lipinski definition) is 2. The second kappa shape index (κ2) is 30.4. The molecule has 0 unspecified atom stereocenters. The van der Waals surface area contributed by atoms with Gasteiger partial charge in [-0.25, -0.2) is 0 Å². The third-order valence-electron chi connectivity index (χ3n) is 11.7. The van der Waals surface area contributed by atoms with E-state index in [9.17, 15) is 57.8 Å². The van der Waals surface area contributed by atoms with E-state index in [2.05, 4.69) is 11.9 Å². The smallest absolute Gasteiger partial charge is 0.303 e. The summed E-state index contributed by atoms with van der Waals surface area (Å²) in [6.07, 6.45) is -33.0. The van der Waals surface area contributed by atoms with Gasteiger partial charge in [0.1, 0.15) is 62.5 Å². The van der Waals surface area contributed by atoms with Crippen molar-refractivity contribution in [3.63, 3.8) is 0 Å². The Bertz CT molecular complexity index is 2240. The lowest BCUT2D eigenvalue weighted by molar-refractivity contribution is -0.386. The topological polar surface area (TPSA) is 386 Å². The van der Waals surface area contributed by atoms with Gasteiger partial charge in [-0.2, -0.15) is 0 Å². The van der Waals surface area contributed by atoms with Crippen LogP contribution in [0.15, 0.2) is 12.7 Å². The van der Waals surface area contributed by atoms with E-state index in [1.54, 1.807) is 0 Å². The summed E-state index contributed by atoms with van der Waals surface area (Å²) in [6, 6.07) is -1.86. The lowest BCUT2D eigenvalue weighted by Crippen LogP contribution is -2.71. The monoisotopic (exact) mass is 1150 g/mol. The molecule has 0 radical (unpaired) electrons. The van der Waals surface area contributed by atoms with Gasteiger partial charge < -0.3 is 95.7 Å². The Morgan fingerprint density at radius 2 is 0.750 bits per heavy atom. The largest absolute Gasteiger partial charge is 0.463 e. The molecule has 4 fully saturated rings. The molecular formula is C49H69NO30. The zero-order valence-corrected chi connectivity index (χ0v) is 45.9. The lowest BCUT2D eigenvalue weighted by atomic mass is 9.93. The van der Waals surface area contributed by atoms with Crippen molar-refractivity contribution in [2.24, 2.45) is 0 Å². The lowest BCUT2D eigenvalue weighted by Gasteiger charge is -2.51. The third-order valence-corrected chi connectivity index (χ3v) is 11.7.